The molecular weight excluding hydrogens is 355 g/mol. The van der Waals surface area contributed by atoms with E-state index in [2.05, 4.69) is 29.5 Å². The van der Waals surface area contributed by atoms with E-state index in [1.807, 2.05) is 20.8 Å². The molecule has 3 nitrogen and oxygen atoms in total. The van der Waals surface area contributed by atoms with Gasteiger partial charge in [0.15, 0.2) is 0 Å². The van der Waals surface area contributed by atoms with Crippen molar-refractivity contribution in [1.29, 1.82) is 0 Å². The number of alkyl halides is 1. The molecule has 2 unspecified atom stereocenters. The van der Waals surface area contributed by atoms with Gasteiger partial charge < -0.3 is 4.74 Å². The predicted octanol–water partition coefficient (Wildman–Crippen LogP) is 5.26. The van der Waals surface area contributed by atoms with E-state index in [9.17, 15) is 0 Å². The van der Waals surface area contributed by atoms with E-state index in [1.54, 1.807) is 7.11 Å². The minimum atomic E-state index is -0.298. The summed E-state index contributed by atoms with van der Waals surface area (Å²) in [5.41, 5.74) is -0.298. The molecule has 0 bridgehead atoms. The maximum absolute atomic E-state index is 5.38. The van der Waals surface area contributed by atoms with Crippen molar-refractivity contribution in [2.75, 3.05) is 7.11 Å². The second-order valence-electron chi connectivity index (χ2n) is 5.97. The molecule has 0 aliphatic carbocycles. The highest BCUT2D eigenvalue weighted by Gasteiger charge is 2.22. The van der Waals surface area contributed by atoms with Crippen LogP contribution in [0.5, 0.6) is 0 Å². The van der Waals surface area contributed by atoms with Gasteiger partial charge in [-0.2, -0.15) is 0 Å². The first kappa shape index (κ1) is 19.6. The van der Waals surface area contributed by atoms with Crippen molar-refractivity contribution in [1.82, 2.24) is 0 Å². The highest BCUT2D eigenvalue weighted by atomic mass is 127. The van der Waals surface area contributed by atoms with Crippen molar-refractivity contribution in [3.8, 4) is 0 Å². The van der Waals surface area contributed by atoms with Crippen molar-refractivity contribution in [2.45, 2.75) is 88.5 Å². The lowest BCUT2D eigenvalue weighted by Crippen LogP contribution is -2.31. The van der Waals surface area contributed by atoms with Gasteiger partial charge in [0.05, 0.1) is 9.53 Å². The Balaban J connectivity index is 3.73. The highest BCUT2D eigenvalue weighted by molar-refractivity contribution is 14.1. The van der Waals surface area contributed by atoms with Gasteiger partial charge in [-0.25, -0.2) is 9.78 Å². The fourth-order valence-corrected chi connectivity index (χ4v) is 2.55. The second-order valence-corrected chi connectivity index (χ2v) is 7.57. The SMILES string of the molecule is CCCCCCCCC(I)C(OC)OOC(C)(C)C. The molecule has 0 heterocycles. The van der Waals surface area contributed by atoms with Gasteiger partial charge in [-0.3, -0.25) is 0 Å². The van der Waals surface area contributed by atoms with Crippen LogP contribution >= 0.6 is 22.6 Å². The molecule has 0 N–H and O–H groups in total. The first-order valence-corrected chi connectivity index (χ1v) is 8.66. The van der Waals surface area contributed by atoms with Crippen molar-refractivity contribution >= 4 is 22.6 Å². The molecule has 0 aliphatic rings. The summed E-state index contributed by atoms with van der Waals surface area (Å²) >= 11 is 2.39. The van der Waals surface area contributed by atoms with E-state index >= 15 is 0 Å². The lowest BCUT2D eigenvalue weighted by molar-refractivity contribution is -0.411. The zero-order valence-corrected chi connectivity index (χ0v) is 15.4. The Morgan fingerprint density at radius 2 is 1.58 bits per heavy atom. The normalized spacial score (nSPS) is 15.5. The van der Waals surface area contributed by atoms with Gasteiger partial charge in [0.25, 0.3) is 0 Å². The van der Waals surface area contributed by atoms with Crippen molar-refractivity contribution in [2.24, 2.45) is 0 Å². The summed E-state index contributed by atoms with van der Waals surface area (Å²) in [7, 11) is 1.67. The Bertz CT molecular complexity index is 204. The average Bonchev–Trinajstić information content (AvgIpc) is 2.33. The molecular formula is C15H31IO3. The van der Waals surface area contributed by atoms with Crippen molar-refractivity contribution in [3.05, 3.63) is 0 Å². The molecule has 4 heteroatoms. The molecule has 19 heavy (non-hydrogen) atoms. The van der Waals surface area contributed by atoms with Crippen LogP contribution < -0.4 is 0 Å². The molecule has 0 saturated heterocycles. The molecule has 0 amide bonds. The van der Waals surface area contributed by atoms with E-state index in [1.165, 1.54) is 38.5 Å². The van der Waals surface area contributed by atoms with Gasteiger partial charge in [-0.05, 0) is 27.2 Å². The quantitative estimate of drug-likeness (QED) is 0.121. The molecule has 0 aromatic carbocycles. The Morgan fingerprint density at radius 1 is 1.00 bits per heavy atom. The van der Waals surface area contributed by atoms with Gasteiger partial charge in [0.2, 0.25) is 6.29 Å². The molecule has 0 aromatic rings. The number of ether oxygens (including phenoxy) is 1. The summed E-state index contributed by atoms with van der Waals surface area (Å²) in [5, 5.41) is 0. The first-order chi connectivity index (χ1) is 8.90. The van der Waals surface area contributed by atoms with Gasteiger partial charge in [-0.15, -0.1) is 0 Å². The van der Waals surface area contributed by atoms with Crippen LogP contribution in [0.1, 0.15) is 72.6 Å². The summed E-state index contributed by atoms with van der Waals surface area (Å²) in [6, 6.07) is 0. The summed E-state index contributed by atoms with van der Waals surface area (Å²) in [5.74, 6) is 0. The molecule has 0 aromatic heterocycles. The fourth-order valence-electron chi connectivity index (χ4n) is 1.69. The Morgan fingerprint density at radius 3 is 2.11 bits per heavy atom. The topological polar surface area (TPSA) is 27.7 Å². The highest BCUT2D eigenvalue weighted by Crippen LogP contribution is 2.21. The summed E-state index contributed by atoms with van der Waals surface area (Å²) in [6.45, 7) is 8.15. The van der Waals surface area contributed by atoms with Crippen LogP contribution in [0.4, 0.5) is 0 Å². The molecule has 0 radical (unpaired) electrons. The number of hydrogen-bond acceptors (Lipinski definition) is 3. The number of halogens is 1. The fraction of sp³-hybridized carbons (Fsp3) is 1.00. The zero-order chi connectivity index (χ0) is 14.7. The van der Waals surface area contributed by atoms with Gasteiger partial charge in [-0.1, -0.05) is 68.0 Å². The second kappa shape index (κ2) is 11.3. The third kappa shape index (κ3) is 12.1. The zero-order valence-electron chi connectivity index (χ0n) is 13.2. The maximum atomic E-state index is 5.38. The van der Waals surface area contributed by atoms with Crippen molar-refractivity contribution < 1.29 is 14.5 Å². The molecule has 0 spiro atoms. The van der Waals surface area contributed by atoms with E-state index in [0.29, 0.717) is 3.92 Å². The molecule has 0 saturated carbocycles. The Labute approximate surface area is 132 Å². The molecule has 0 fully saturated rings. The van der Waals surface area contributed by atoms with Gasteiger partial charge >= 0.3 is 0 Å². The third-order valence-corrected chi connectivity index (χ3v) is 3.96. The number of unbranched alkanes of at least 4 members (excludes halogenated alkanes) is 5. The lowest BCUT2D eigenvalue weighted by Gasteiger charge is -2.25. The van der Waals surface area contributed by atoms with Gasteiger partial charge in [0.1, 0.15) is 0 Å². The van der Waals surface area contributed by atoms with Crippen molar-refractivity contribution in [3.63, 3.8) is 0 Å². The van der Waals surface area contributed by atoms with Crippen LogP contribution in [0, 0.1) is 0 Å². The summed E-state index contributed by atoms with van der Waals surface area (Å²) in [6.07, 6.45) is 8.73. The Kier molecular flexibility index (Phi) is 11.7. The van der Waals surface area contributed by atoms with E-state index < -0.39 is 0 Å². The van der Waals surface area contributed by atoms with Crippen LogP contribution in [0.3, 0.4) is 0 Å². The van der Waals surface area contributed by atoms with Gasteiger partial charge in [0, 0.05) is 7.11 Å². The monoisotopic (exact) mass is 386 g/mol. The van der Waals surface area contributed by atoms with Crippen LogP contribution in [0.15, 0.2) is 0 Å². The van der Waals surface area contributed by atoms with E-state index in [0.717, 1.165) is 6.42 Å². The number of hydrogen-bond donors (Lipinski definition) is 0. The first-order valence-electron chi connectivity index (χ1n) is 7.42. The van der Waals surface area contributed by atoms with Crippen LogP contribution in [-0.2, 0) is 14.5 Å². The smallest absolute Gasteiger partial charge is 0.202 e. The third-order valence-electron chi connectivity index (χ3n) is 2.75. The predicted molar refractivity (Wildman–Crippen MR) is 88.5 cm³/mol. The lowest BCUT2D eigenvalue weighted by atomic mass is 10.1. The van der Waals surface area contributed by atoms with Crippen LogP contribution in [0.25, 0.3) is 0 Å². The van der Waals surface area contributed by atoms with Crippen LogP contribution in [0.2, 0.25) is 0 Å². The summed E-state index contributed by atoms with van der Waals surface area (Å²) < 4.78 is 5.68. The minimum Gasteiger partial charge on any atom is -0.352 e. The number of methoxy groups -OCH3 is 1. The largest absolute Gasteiger partial charge is 0.352 e. The molecule has 2 atom stereocenters. The average molecular weight is 386 g/mol. The molecule has 0 aliphatic heterocycles. The number of rotatable bonds is 11. The molecule has 116 valence electrons. The van der Waals surface area contributed by atoms with E-state index in [-0.39, 0.29) is 11.9 Å². The summed E-state index contributed by atoms with van der Waals surface area (Å²) in [4.78, 5) is 10.7. The maximum Gasteiger partial charge on any atom is 0.202 e. The minimum absolute atomic E-state index is 0.282. The van der Waals surface area contributed by atoms with E-state index in [4.69, 9.17) is 14.5 Å². The Hall–Kier alpha value is 0.610. The standard InChI is InChI=1S/C15H31IO3/c1-6-7-8-9-10-11-12-13(16)14(17-5)18-19-15(2,3)4/h13-14H,6-12H2,1-5H3. The molecule has 0 rings (SSSR count). The van der Waals surface area contributed by atoms with Crippen LogP contribution in [-0.4, -0.2) is 22.9 Å².